The zero-order valence-electron chi connectivity index (χ0n) is 8.14. The van der Waals surface area contributed by atoms with Crippen molar-refractivity contribution in [1.82, 2.24) is 5.32 Å². The van der Waals surface area contributed by atoms with Gasteiger partial charge in [-0.2, -0.15) is 0 Å². The maximum Gasteiger partial charge on any atom is 0.287 e. The molecule has 0 aromatic rings. The maximum atomic E-state index is 11.1. The fourth-order valence-electron chi connectivity index (χ4n) is 1.71. The molecule has 0 heterocycles. The van der Waals surface area contributed by atoms with Crippen molar-refractivity contribution < 1.29 is 9.59 Å². The van der Waals surface area contributed by atoms with Gasteiger partial charge in [0.25, 0.3) is 5.91 Å². The molecule has 1 saturated carbocycles. The second-order valence-electron chi connectivity index (χ2n) is 3.72. The quantitative estimate of drug-likeness (QED) is 0.519. The molecule has 0 saturated heterocycles. The van der Waals surface area contributed by atoms with Gasteiger partial charge in [-0.05, 0) is 12.8 Å². The second-order valence-corrected chi connectivity index (χ2v) is 3.72. The van der Waals surface area contributed by atoms with Crippen molar-refractivity contribution in [3.8, 4) is 0 Å². The van der Waals surface area contributed by atoms with Crippen molar-refractivity contribution in [3.63, 3.8) is 0 Å². The van der Waals surface area contributed by atoms with Crippen LogP contribution in [0.5, 0.6) is 0 Å². The van der Waals surface area contributed by atoms with Gasteiger partial charge >= 0.3 is 0 Å². The molecule has 13 heavy (non-hydrogen) atoms. The number of carbonyl (C=O) groups is 2. The van der Waals surface area contributed by atoms with Gasteiger partial charge in [-0.25, -0.2) is 0 Å². The molecule has 74 valence electrons. The number of amides is 1. The van der Waals surface area contributed by atoms with Gasteiger partial charge in [0.1, 0.15) is 0 Å². The SMILES string of the molecule is CC(=O)C(=O)NC1CCCCCC1. The lowest BCUT2D eigenvalue weighted by Gasteiger charge is -2.14. The largest absolute Gasteiger partial charge is 0.347 e. The molecular formula is C10H17NO2. The molecule has 0 atom stereocenters. The van der Waals surface area contributed by atoms with Gasteiger partial charge in [0.15, 0.2) is 0 Å². The molecule has 1 rings (SSSR count). The minimum atomic E-state index is -0.424. The van der Waals surface area contributed by atoms with E-state index in [2.05, 4.69) is 5.32 Å². The Labute approximate surface area is 78.9 Å². The smallest absolute Gasteiger partial charge is 0.287 e. The Hall–Kier alpha value is -0.860. The second kappa shape index (κ2) is 5.00. The first-order valence-corrected chi connectivity index (χ1v) is 5.01. The summed E-state index contributed by atoms with van der Waals surface area (Å²) in [7, 11) is 0. The molecule has 3 nitrogen and oxygen atoms in total. The Morgan fingerprint density at radius 3 is 2.08 bits per heavy atom. The van der Waals surface area contributed by atoms with Gasteiger partial charge in [-0.1, -0.05) is 25.7 Å². The maximum absolute atomic E-state index is 11.1. The zero-order valence-corrected chi connectivity index (χ0v) is 8.14. The van der Waals surface area contributed by atoms with Gasteiger partial charge in [-0.3, -0.25) is 9.59 Å². The summed E-state index contributed by atoms with van der Waals surface area (Å²) in [6, 6.07) is 0.235. The molecule has 1 N–H and O–H groups in total. The van der Waals surface area contributed by atoms with E-state index in [9.17, 15) is 9.59 Å². The van der Waals surface area contributed by atoms with E-state index in [1.54, 1.807) is 0 Å². The van der Waals surface area contributed by atoms with Gasteiger partial charge in [0, 0.05) is 13.0 Å². The fourth-order valence-corrected chi connectivity index (χ4v) is 1.71. The predicted molar refractivity (Wildman–Crippen MR) is 50.3 cm³/mol. The molecule has 0 unspecified atom stereocenters. The normalized spacial score (nSPS) is 19.2. The molecule has 3 heteroatoms. The van der Waals surface area contributed by atoms with E-state index < -0.39 is 5.91 Å². The highest BCUT2D eigenvalue weighted by Crippen LogP contribution is 2.16. The first-order chi connectivity index (χ1) is 6.20. The van der Waals surface area contributed by atoms with Crippen LogP contribution in [0.1, 0.15) is 45.4 Å². The first kappa shape index (κ1) is 10.2. The van der Waals surface area contributed by atoms with Crippen molar-refractivity contribution in [2.24, 2.45) is 0 Å². The number of hydrogen-bond acceptors (Lipinski definition) is 2. The summed E-state index contributed by atoms with van der Waals surface area (Å²) in [5.41, 5.74) is 0. The summed E-state index contributed by atoms with van der Waals surface area (Å²) in [5.74, 6) is -0.809. The van der Waals surface area contributed by atoms with E-state index in [0.29, 0.717) is 0 Å². The van der Waals surface area contributed by atoms with Crippen LogP contribution in [0, 0.1) is 0 Å². The van der Waals surface area contributed by atoms with E-state index >= 15 is 0 Å². The molecule has 1 fully saturated rings. The minimum absolute atomic E-state index is 0.235. The monoisotopic (exact) mass is 183 g/mol. The third kappa shape index (κ3) is 3.57. The Bertz CT molecular complexity index is 193. The van der Waals surface area contributed by atoms with Crippen LogP contribution in [0.15, 0.2) is 0 Å². The van der Waals surface area contributed by atoms with Crippen molar-refractivity contribution in [1.29, 1.82) is 0 Å². The van der Waals surface area contributed by atoms with Crippen LogP contribution in [0.2, 0.25) is 0 Å². The summed E-state index contributed by atoms with van der Waals surface area (Å²) in [6.07, 6.45) is 6.91. The van der Waals surface area contributed by atoms with Crippen LogP contribution < -0.4 is 5.32 Å². The van der Waals surface area contributed by atoms with Crippen molar-refractivity contribution >= 4 is 11.7 Å². The van der Waals surface area contributed by atoms with Crippen molar-refractivity contribution in [3.05, 3.63) is 0 Å². The van der Waals surface area contributed by atoms with Gasteiger partial charge in [0.2, 0.25) is 5.78 Å². The Morgan fingerprint density at radius 1 is 1.08 bits per heavy atom. The Balaban J connectivity index is 2.33. The van der Waals surface area contributed by atoms with Crippen LogP contribution in [-0.2, 0) is 9.59 Å². The lowest BCUT2D eigenvalue weighted by atomic mass is 10.1. The summed E-state index contributed by atoms with van der Waals surface area (Å²) in [6.45, 7) is 1.31. The van der Waals surface area contributed by atoms with Crippen LogP contribution in [-0.4, -0.2) is 17.7 Å². The van der Waals surface area contributed by atoms with Crippen LogP contribution in [0.4, 0.5) is 0 Å². The molecule has 0 radical (unpaired) electrons. The van der Waals surface area contributed by atoms with E-state index in [0.717, 1.165) is 12.8 Å². The van der Waals surface area contributed by atoms with E-state index in [-0.39, 0.29) is 11.8 Å². The standard InChI is InChI=1S/C10H17NO2/c1-8(12)10(13)11-9-6-4-2-3-5-7-9/h9H,2-7H2,1H3,(H,11,13). The van der Waals surface area contributed by atoms with E-state index in [1.165, 1.54) is 32.6 Å². The molecule has 0 aliphatic heterocycles. The molecule has 0 aromatic carbocycles. The summed E-state index contributed by atoms with van der Waals surface area (Å²) in [4.78, 5) is 21.8. The lowest BCUT2D eigenvalue weighted by Crippen LogP contribution is -2.37. The number of Topliss-reactive ketones (excluding diaryl/α,β-unsaturated/α-hetero) is 1. The van der Waals surface area contributed by atoms with Gasteiger partial charge in [0.05, 0.1) is 0 Å². The number of ketones is 1. The van der Waals surface area contributed by atoms with Crippen LogP contribution in [0.3, 0.4) is 0 Å². The third-order valence-corrected chi connectivity index (χ3v) is 2.51. The Morgan fingerprint density at radius 2 is 1.62 bits per heavy atom. The first-order valence-electron chi connectivity index (χ1n) is 5.01. The molecule has 1 aliphatic carbocycles. The van der Waals surface area contributed by atoms with Crippen LogP contribution in [0.25, 0.3) is 0 Å². The number of hydrogen-bond donors (Lipinski definition) is 1. The molecule has 0 bridgehead atoms. The zero-order chi connectivity index (χ0) is 9.68. The molecule has 1 amide bonds. The number of nitrogens with one attached hydrogen (secondary N) is 1. The highest BCUT2D eigenvalue weighted by atomic mass is 16.2. The molecule has 0 aromatic heterocycles. The summed E-state index contributed by atoms with van der Waals surface area (Å²) in [5, 5.41) is 2.77. The Kier molecular flexibility index (Phi) is 3.93. The third-order valence-electron chi connectivity index (χ3n) is 2.51. The molecule has 1 aliphatic rings. The predicted octanol–water partition coefficient (Wildman–Crippen LogP) is 1.41. The van der Waals surface area contributed by atoms with Gasteiger partial charge in [-0.15, -0.1) is 0 Å². The highest BCUT2D eigenvalue weighted by Gasteiger charge is 2.16. The van der Waals surface area contributed by atoms with Gasteiger partial charge < -0.3 is 5.32 Å². The number of carbonyl (C=O) groups excluding carboxylic acids is 2. The van der Waals surface area contributed by atoms with Crippen molar-refractivity contribution in [2.45, 2.75) is 51.5 Å². The topological polar surface area (TPSA) is 46.2 Å². The average Bonchev–Trinajstić information content (AvgIpc) is 2.32. The molecule has 0 spiro atoms. The number of rotatable bonds is 2. The average molecular weight is 183 g/mol. The van der Waals surface area contributed by atoms with E-state index in [4.69, 9.17) is 0 Å². The lowest BCUT2D eigenvalue weighted by molar-refractivity contribution is -0.137. The van der Waals surface area contributed by atoms with Crippen molar-refractivity contribution in [2.75, 3.05) is 0 Å². The fraction of sp³-hybridized carbons (Fsp3) is 0.800. The summed E-state index contributed by atoms with van der Waals surface area (Å²) >= 11 is 0. The van der Waals surface area contributed by atoms with Crippen LogP contribution >= 0.6 is 0 Å². The molecular weight excluding hydrogens is 166 g/mol. The minimum Gasteiger partial charge on any atom is -0.347 e. The summed E-state index contributed by atoms with van der Waals surface area (Å²) < 4.78 is 0. The van der Waals surface area contributed by atoms with E-state index in [1.807, 2.05) is 0 Å². The highest BCUT2D eigenvalue weighted by molar-refractivity contribution is 6.35.